The van der Waals surface area contributed by atoms with E-state index in [1.165, 1.54) is 0 Å². The molecule has 1 aromatic carbocycles. The number of Topliss-reactive ketones (excluding diaryl/α,β-unsaturated/α-hetero) is 1. The Labute approximate surface area is 211 Å². The second kappa shape index (κ2) is 11.7. The molecule has 0 spiro atoms. The number of ketones is 1. The van der Waals surface area contributed by atoms with E-state index in [0.717, 1.165) is 31.2 Å². The molecule has 2 heterocycles. The average molecular weight is 514 g/mol. The highest BCUT2D eigenvalue weighted by Crippen LogP contribution is 2.40. The molecule has 180 valence electrons. The van der Waals surface area contributed by atoms with E-state index in [2.05, 4.69) is 6.92 Å². The van der Waals surface area contributed by atoms with E-state index in [0.29, 0.717) is 37.3 Å². The van der Waals surface area contributed by atoms with E-state index in [1.54, 1.807) is 13.3 Å². The predicted octanol–water partition coefficient (Wildman–Crippen LogP) is 5.65. The highest BCUT2D eigenvalue weighted by Gasteiger charge is 2.42. The first-order valence-corrected chi connectivity index (χ1v) is 12.5. The van der Waals surface area contributed by atoms with Crippen molar-refractivity contribution in [1.29, 1.82) is 0 Å². The summed E-state index contributed by atoms with van der Waals surface area (Å²) in [7, 11) is 1.65. The Morgan fingerprint density at radius 2 is 1.82 bits per heavy atom. The van der Waals surface area contributed by atoms with Crippen molar-refractivity contribution in [3.63, 3.8) is 0 Å². The zero-order valence-electron chi connectivity index (χ0n) is 19.1. The van der Waals surface area contributed by atoms with Gasteiger partial charge in [-0.05, 0) is 24.8 Å². The molecule has 8 heteroatoms. The summed E-state index contributed by atoms with van der Waals surface area (Å²) >= 11 is 18.1. The molecule has 5 nitrogen and oxygen atoms in total. The van der Waals surface area contributed by atoms with Crippen LogP contribution in [0.2, 0.25) is 0 Å². The van der Waals surface area contributed by atoms with Gasteiger partial charge in [0.15, 0.2) is 0 Å². The number of halogens is 3. The van der Waals surface area contributed by atoms with Gasteiger partial charge in [0.25, 0.3) is 9.70 Å². The number of carbonyl (C=O) groups excluding carboxylic acids is 2. The summed E-state index contributed by atoms with van der Waals surface area (Å²) in [5.74, 6) is -1.08. The topological polar surface area (TPSA) is 49.9 Å². The molecule has 2 aliphatic heterocycles. The Balaban J connectivity index is 2.01. The van der Waals surface area contributed by atoms with Gasteiger partial charge in [-0.25, -0.2) is 0 Å². The SMILES string of the molecule is CCCC[C@H]1C(C(=O)N2CCC[C@H]2COC)=CN(Cc2ccccc2)C=C1C(=O)C(Cl)(Cl)Cl. The minimum absolute atomic E-state index is 0.0241. The Morgan fingerprint density at radius 3 is 2.45 bits per heavy atom. The Bertz CT molecular complexity index is 896. The number of ether oxygens (including phenoxy) is 1. The van der Waals surface area contributed by atoms with Crippen LogP contribution in [0.5, 0.6) is 0 Å². The molecule has 0 bridgehead atoms. The van der Waals surface area contributed by atoms with E-state index < -0.39 is 15.5 Å². The van der Waals surface area contributed by atoms with Crippen LogP contribution >= 0.6 is 34.8 Å². The van der Waals surface area contributed by atoms with Gasteiger partial charge in [0.05, 0.1) is 12.6 Å². The molecule has 0 aliphatic carbocycles. The van der Waals surface area contributed by atoms with Crippen LogP contribution in [0.1, 0.15) is 44.6 Å². The van der Waals surface area contributed by atoms with Gasteiger partial charge in [0.1, 0.15) is 0 Å². The lowest BCUT2D eigenvalue weighted by Crippen LogP contribution is -2.42. The molecule has 3 rings (SSSR count). The number of hydrogen-bond donors (Lipinski definition) is 0. The molecule has 2 aliphatic rings. The largest absolute Gasteiger partial charge is 0.383 e. The van der Waals surface area contributed by atoms with Gasteiger partial charge in [-0.2, -0.15) is 0 Å². The zero-order chi connectivity index (χ0) is 24.0. The normalized spacial score (nSPS) is 21.1. The summed E-state index contributed by atoms with van der Waals surface area (Å²) in [6.45, 7) is 3.73. The van der Waals surface area contributed by atoms with Crippen LogP contribution in [0.4, 0.5) is 0 Å². The molecule has 1 fully saturated rings. The molecule has 1 aromatic rings. The summed E-state index contributed by atoms with van der Waals surface area (Å²) < 4.78 is 3.26. The van der Waals surface area contributed by atoms with Crippen LogP contribution < -0.4 is 0 Å². The van der Waals surface area contributed by atoms with Crippen LogP contribution in [-0.2, 0) is 20.9 Å². The fourth-order valence-electron chi connectivity index (χ4n) is 4.57. The van der Waals surface area contributed by atoms with Crippen molar-refractivity contribution in [3.8, 4) is 0 Å². The number of hydrogen-bond acceptors (Lipinski definition) is 4. The first kappa shape index (κ1) is 26.1. The average Bonchev–Trinajstić information content (AvgIpc) is 3.25. The lowest BCUT2D eigenvalue weighted by atomic mass is 9.82. The molecular formula is C25H31Cl3N2O3. The van der Waals surface area contributed by atoms with Gasteiger partial charge in [-0.1, -0.05) is 84.9 Å². The number of methoxy groups -OCH3 is 1. The predicted molar refractivity (Wildman–Crippen MR) is 133 cm³/mol. The molecule has 0 aromatic heterocycles. The number of nitrogens with zero attached hydrogens (tertiary/aromatic N) is 2. The quantitative estimate of drug-likeness (QED) is 0.400. The number of alkyl halides is 3. The van der Waals surface area contributed by atoms with Crippen LogP contribution in [0.15, 0.2) is 53.9 Å². The second-order valence-corrected chi connectivity index (χ2v) is 10.9. The summed E-state index contributed by atoms with van der Waals surface area (Å²) in [5, 5.41) is 0. The van der Waals surface area contributed by atoms with Gasteiger partial charge in [-0.3, -0.25) is 9.59 Å². The van der Waals surface area contributed by atoms with E-state index in [9.17, 15) is 9.59 Å². The van der Waals surface area contributed by atoms with Crippen molar-refractivity contribution in [2.24, 2.45) is 5.92 Å². The highest BCUT2D eigenvalue weighted by atomic mass is 35.6. The lowest BCUT2D eigenvalue weighted by molar-refractivity contribution is -0.129. The third-order valence-corrected chi connectivity index (χ3v) is 6.69. The number of allylic oxidation sites excluding steroid dienone is 1. The minimum atomic E-state index is -2.09. The van der Waals surface area contributed by atoms with Crippen LogP contribution in [0.3, 0.4) is 0 Å². The number of amides is 1. The molecule has 0 N–H and O–H groups in total. The number of carbonyl (C=O) groups is 2. The van der Waals surface area contributed by atoms with E-state index >= 15 is 0 Å². The van der Waals surface area contributed by atoms with Gasteiger partial charge < -0.3 is 14.5 Å². The second-order valence-electron chi connectivity index (χ2n) is 8.60. The Morgan fingerprint density at radius 1 is 1.12 bits per heavy atom. The number of benzene rings is 1. The van der Waals surface area contributed by atoms with Gasteiger partial charge in [0.2, 0.25) is 5.78 Å². The van der Waals surface area contributed by atoms with Crippen LogP contribution in [0, 0.1) is 5.92 Å². The van der Waals surface area contributed by atoms with Crippen molar-refractivity contribution in [1.82, 2.24) is 9.80 Å². The maximum Gasteiger partial charge on any atom is 0.253 e. The molecule has 1 saturated heterocycles. The van der Waals surface area contributed by atoms with Crippen LogP contribution in [0.25, 0.3) is 0 Å². The third-order valence-electron chi connectivity index (χ3n) is 6.18. The summed E-state index contributed by atoms with van der Waals surface area (Å²) in [6.07, 6.45) is 7.84. The highest BCUT2D eigenvalue weighted by molar-refractivity contribution is 6.77. The third kappa shape index (κ3) is 6.54. The van der Waals surface area contributed by atoms with Crippen molar-refractivity contribution < 1.29 is 14.3 Å². The fraction of sp³-hybridized carbons (Fsp3) is 0.520. The number of rotatable bonds is 9. The number of likely N-dealkylation sites (tertiary alicyclic amines) is 1. The lowest BCUT2D eigenvalue weighted by Gasteiger charge is -2.35. The molecule has 0 radical (unpaired) electrons. The van der Waals surface area contributed by atoms with E-state index in [4.69, 9.17) is 39.5 Å². The van der Waals surface area contributed by atoms with Gasteiger partial charge >= 0.3 is 0 Å². The standard InChI is InChI=1S/C25H31Cl3N2O3/c1-3-4-12-20-21(23(31)25(26,27)28)15-29(14-18-9-6-5-7-10-18)16-22(20)24(32)30-13-8-11-19(30)17-33-2/h5-7,9-10,15-16,19-20H,3-4,8,11-14,17H2,1-2H3/t19-,20+/m0/s1. The number of unbranched alkanes of at least 4 members (excludes halogenated alkanes) is 1. The Hall–Kier alpha value is -1.53. The monoisotopic (exact) mass is 512 g/mol. The van der Waals surface area contributed by atoms with Crippen molar-refractivity contribution in [2.75, 3.05) is 20.3 Å². The zero-order valence-corrected chi connectivity index (χ0v) is 21.4. The maximum atomic E-state index is 13.8. The molecule has 0 saturated carbocycles. The van der Waals surface area contributed by atoms with Crippen molar-refractivity contribution >= 4 is 46.5 Å². The van der Waals surface area contributed by atoms with Crippen molar-refractivity contribution in [2.45, 2.75) is 55.4 Å². The maximum absolute atomic E-state index is 13.8. The van der Waals surface area contributed by atoms with E-state index in [-0.39, 0.29) is 11.9 Å². The minimum Gasteiger partial charge on any atom is -0.383 e. The molecular weight excluding hydrogens is 483 g/mol. The van der Waals surface area contributed by atoms with Crippen molar-refractivity contribution in [3.05, 3.63) is 59.4 Å². The molecule has 1 amide bonds. The molecule has 2 atom stereocenters. The first-order valence-electron chi connectivity index (χ1n) is 11.4. The summed E-state index contributed by atoms with van der Waals surface area (Å²) in [4.78, 5) is 30.7. The summed E-state index contributed by atoms with van der Waals surface area (Å²) in [5.41, 5.74) is 1.98. The fourth-order valence-corrected chi connectivity index (χ4v) is 4.89. The smallest absolute Gasteiger partial charge is 0.253 e. The van der Waals surface area contributed by atoms with E-state index in [1.807, 2.05) is 46.3 Å². The molecule has 33 heavy (non-hydrogen) atoms. The first-order chi connectivity index (χ1) is 15.8. The van der Waals surface area contributed by atoms with Gasteiger partial charge in [-0.15, -0.1) is 0 Å². The van der Waals surface area contributed by atoms with Crippen LogP contribution in [-0.4, -0.2) is 51.6 Å². The van der Waals surface area contributed by atoms with Gasteiger partial charge in [0, 0.05) is 49.7 Å². The summed E-state index contributed by atoms with van der Waals surface area (Å²) in [6, 6.07) is 9.87. The molecule has 0 unspecified atom stereocenters. The Kier molecular flexibility index (Phi) is 9.28.